The summed E-state index contributed by atoms with van der Waals surface area (Å²) in [6, 6.07) is 15.1. The van der Waals surface area contributed by atoms with Gasteiger partial charge in [-0.1, -0.05) is 41.9 Å². The summed E-state index contributed by atoms with van der Waals surface area (Å²) < 4.78 is 5.85. The molecule has 0 aliphatic carbocycles. The lowest BCUT2D eigenvalue weighted by Gasteiger charge is -2.39. The van der Waals surface area contributed by atoms with E-state index in [4.69, 9.17) is 16.3 Å². The first-order chi connectivity index (χ1) is 14.5. The molecule has 0 unspecified atom stereocenters. The van der Waals surface area contributed by atoms with E-state index in [1.807, 2.05) is 60.4 Å². The number of nitrogens with zero attached hydrogens (tertiary/aromatic N) is 2. The Morgan fingerprint density at radius 2 is 1.80 bits per heavy atom. The molecule has 0 aromatic heterocycles. The number of nitrogens with one attached hydrogen (secondary N) is 1. The number of anilines is 1. The number of carbonyl (C=O) groups excluding carboxylic acids is 2. The van der Waals surface area contributed by atoms with Gasteiger partial charge in [0, 0.05) is 30.6 Å². The first kappa shape index (κ1) is 20.5. The van der Waals surface area contributed by atoms with Crippen molar-refractivity contribution in [2.45, 2.75) is 32.4 Å². The molecule has 2 heterocycles. The summed E-state index contributed by atoms with van der Waals surface area (Å²) in [4.78, 5) is 29.4. The smallest absolute Gasteiger partial charge is 0.324 e. The number of fused-ring (bicyclic) bond motifs is 1. The van der Waals surface area contributed by atoms with Crippen LogP contribution in [0.15, 0.2) is 48.5 Å². The Balaban J connectivity index is 1.33. The number of urea groups is 1. The van der Waals surface area contributed by atoms with Crippen LogP contribution in [0.25, 0.3) is 0 Å². The fourth-order valence-electron chi connectivity index (χ4n) is 4.04. The highest BCUT2D eigenvalue weighted by Crippen LogP contribution is 2.34. The number of para-hydroxylation sites is 2. The van der Waals surface area contributed by atoms with Gasteiger partial charge in [0.15, 0.2) is 0 Å². The summed E-state index contributed by atoms with van der Waals surface area (Å²) in [6.45, 7) is 4.04. The molecule has 1 atom stereocenters. The van der Waals surface area contributed by atoms with E-state index in [1.165, 1.54) is 0 Å². The zero-order valence-corrected chi connectivity index (χ0v) is 17.8. The molecule has 0 radical (unpaired) electrons. The van der Waals surface area contributed by atoms with Crippen LogP contribution < -0.4 is 15.0 Å². The molecule has 0 spiro atoms. The SMILES string of the molecule is C[C@@H]1CN(C(=O)N2CCC(C(=O)NCc3ccccc3Cl)CC2)c2ccccc2O1. The van der Waals surface area contributed by atoms with Crippen molar-refractivity contribution in [3.8, 4) is 5.75 Å². The first-order valence-electron chi connectivity index (χ1n) is 10.4. The lowest BCUT2D eigenvalue weighted by atomic mass is 9.96. The molecule has 1 N–H and O–H groups in total. The van der Waals surface area contributed by atoms with Gasteiger partial charge in [-0.25, -0.2) is 4.79 Å². The summed E-state index contributed by atoms with van der Waals surface area (Å²) >= 11 is 6.16. The summed E-state index contributed by atoms with van der Waals surface area (Å²) in [6.07, 6.45) is 1.25. The Hall–Kier alpha value is -2.73. The third kappa shape index (κ3) is 4.38. The molecule has 1 saturated heterocycles. The second-order valence-electron chi connectivity index (χ2n) is 7.86. The Kier molecular flexibility index (Phi) is 6.13. The highest BCUT2D eigenvalue weighted by molar-refractivity contribution is 6.31. The lowest BCUT2D eigenvalue weighted by molar-refractivity contribution is -0.126. The molecule has 3 amide bonds. The summed E-state index contributed by atoms with van der Waals surface area (Å²) in [7, 11) is 0. The van der Waals surface area contributed by atoms with Crippen molar-refractivity contribution in [1.82, 2.24) is 10.2 Å². The van der Waals surface area contributed by atoms with Crippen molar-refractivity contribution >= 4 is 29.2 Å². The summed E-state index contributed by atoms with van der Waals surface area (Å²) in [5.41, 5.74) is 1.71. The van der Waals surface area contributed by atoms with Gasteiger partial charge >= 0.3 is 6.03 Å². The van der Waals surface area contributed by atoms with Crippen LogP contribution in [0.4, 0.5) is 10.5 Å². The summed E-state index contributed by atoms with van der Waals surface area (Å²) in [5.74, 6) is 0.665. The van der Waals surface area contributed by atoms with Crippen molar-refractivity contribution < 1.29 is 14.3 Å². The fourth-order valence-corrected chi connectivity index (χ4v) is 4.25. The molecule has 2 aromatic carbocycles. The van der Waals surface area contributed by atoms with Crippen molar-refractivity contribution in [3.05, 3.63) is 59.1 Å². The van der Waals surface area contributed by atoms with Crippen molar-refractivity contribution in [3.63, 3.8) is 0 Å². The minimum absolute atomic E-state index is 0.0207. The Bertz CT molecular complexity index is 927. The standard InChI is InChI=1S/C23H26ClN3O3/c1-16-15-27(20-8-4-5-9-21(20)30-16)23(29)26-12-10-17(11-13-26)22(28)25-14-18-6-2-3-7-19(18)24/h2-9,16-17H,10-15H2,1H3,(H,25,28)/t16-/m1/s1. The van der Waals surface area contributed by atoms with Crippen molar-refractivity contribution in [1.29, 1.82) is 0 Å². The average molecular weight is 428 g/mol. The van der Waals surface area contributed by atoms with E-state index in [1.54, 1.807) is 4.90 Å². The van der Waals surface area contributed by atoms with Gasteiger partial charge in [-0.2, -0.15) is 0 Å². The van der Waals surface area contributed by atoms with Crippen LogP contribution in [-0.4, -0.2) is 42.6 Å². The van der Waals surface area contributed by atoms with Gasteiger partial charge in [0.1, 0.15) is 11.9 Å². The van der Waals surface area contributed by atoms with Gasteiger partial charge < -0.3 is 15.0 Å². The maximum Gasteiger partial charge on any atom is 0.324 e. The largest absolute Gasteiger partial charge is 0.487 e. The van der Waals surface area contributed by atoms with Gasteiger partial charge in [-0.3, -0.25) is 9.69 Å². The minimum atomic E-state index is -0.0903. The van der Waals surface area contributed by atoms with E-state index in [0.29, 0.717) is 44.0 Å². The van der Waals surface area contributed by atoms with Crippen LogP contribution in [-0.2, 0) is 11.3 Å². The number of hydrogen-bond acceptors (Lipinski definition) is 3. The third-order valence-electron chi connectivity index (χ3n) is 5.70. The van der Waals surface area contributed by atoms with Gasteiger partial charge in [-0.15, -0.1) is 0 Å². The predicted octanol–water partition coefficient (Wildman–Crippen LogP) is 4.08. The van der Waals surface area contributed by atoms with Crippen LogP contribution in [0.3, 0.4) is 0 Å². The zero-order chi connectivity index (χ0) is 21.1. The van der Waals surface area contributed by atoms with Crippen molar-refractivity contribution in [2.75, 3.05) is 24.5 Å². The molecule has 4 rings (SSSR count). The summed E-state index contributed by atoms with van der Waals surface area (Å²) in [5, 5.41) is 3.63. The Morgan fingerprint density at radius 3 is 2.57 bits per heavy atom. The van der Waals surface area contributed by atoms with E-state index in [2.05, 4.69) is 5.32 Å². The van der Waals surface area contributed by atoms with Gasteiger partial charge in [-0.05, 0) is 43.5 Å². The normalized spacial score (nSPS) is 19.1. The topological polar surface area (TPSA) is 61.9 Å². The van der Waals surface area contributed by atoms with Crippen LogP contribution in [0, 0.1) is 5.92 Å². The number of likely N-dealkylation sites (tertiary alicyclic amines) is 1. The van der Waals surface area contributed by atoms with E-state index in [-0.39, 0.29) is 24.0 Å². The molecular weight excluding hydrogens is 402 g/mol. The molecule has 2 aliphatic rings. The highest BCUT2D eigenvalue weighted by Gasteiger charge is 2.33. The lowest BCUT2D eigenvalue weighted by Crippen LogP contribution is -2.52. The predicted molar refractivity (Wildman–Crippen MR) is 117 cm³/mol. The molecule has 2 aromatic rings. The van der Waals surface area contributed by atoms with E-state index in [9.17, 15) is 9.59 Å². The minimum Gasteiger partial charge on any atom is -0.487 e. The molecule has 1 fully saturated rings. The fraction of sp³-hybridized carbons (Fsp3) is 0.391. The molecule has 0 bridgehead atoms. The van der Waals surface area contributed by atoms with Gasteiger partial charge in [0.2, 0.25) is 5.91 Å². The highest BCUT2D eigenvalue weighted by atomic mass is 35.5. The quantitative estimate of drug-likeness (QED) is 0.802. The van der Waals surface area contributed by atoms with E-state index < -0.39 is 0 Å². The molecule has 158 valence electrons. The van der Waals surface area contributed by atoms with Crippen LogP contribution in [0.2, 0.25) is 5.02 Å². The second kappa shape index (κ2) is 8.96. The van der Waals surface area contributed by atoms with Crippen LogP contribution in [0.1, 0.15) is 25.3 Å². The van der Waals surface area contributed by atoms with Crippen LogP contribution >= 0.6 is 11.6 Å². The van der Waals surface area contributed by atoms with Crippen molar-refractivity contribution in [2.24, 2.45) is 5.92 Å². The average Bonchev–Trinajstić information content (AvgIpc) is 2.77. The molecule has 2 aliphatic heterocycles. The van der Waals surface area contributed by atoms with E-state index in [0.717, 1.165) is 17.0 Å². The molecule has 6 nitrogen and oxygen atoms in total. The number of benzene rings is 2. The Labute approximate surface area is 181 Å². The van der Waals surface area contributed by atoms with E-state index >= 15 is 0 Å². The number of hydrogen-bond donors (Lipinski definition) is 1. The maximum atomic E-state index is 13.2. The molecule has 7 heteroatoms. The zero-order valence-electron chi connectivity index (χ0n) is 17.0. The molecular formula is C23H26ClN3O3. The number of halogens is 1. The van der Waals surface area contributed by atoms with Gasteiger partial charge in [0.25, 0.3) is 0 Å². The maximum absolute atomic E-state index is 13.2. The first-order valence-corrected chi connectivity index (χ1v) is 10.7. The number of ether oxygens (including phenoxy) is 1. The third-order valence-corrected chi connectivity index (χ3v) is 6.07. The number of carbonyl (C=O) groups is 2. The monoisotopic (exact) mass is 427 g/mol. The number of piperidine rings is 1. The number of amides is 3. The van der Waals surface area contributed by atoms with Gasteiger partial charge in [0.05, 0.1) is 12.2 Å². The second-order valence-corrected chi connectivity index (χ2v) is 8.27. The Morgan fingerprint density at radius 1 is 1.10 bits per heavy atom. The molecule has 30 heavy (non-hydrogen) atoms. The number of rotatable bonds is 3. The van der Waals surface area contributed by atoms with Crippen LogP contribution in [0.5, 0.6) is 5.75 Å². The molecule has 0 saturated carbocycles.